The molecule has 2 nitrogen and oxygen atoms in total. The van der Waals surface area contributed by atoms with Crippen LogP contribution in [0.25, 0.3) is 0 Å². The molecule has 1 saturated heterocycles. The highest BCUT2D eigenvalue weighted by molar-refractivity contribution is 5.09. The van der Waals surface area contributed by atoms with Gasteiger partial charge in [-0.1, -0.05) is 25.8 Å². The molecule has 0 bridgehead atoms. The van der Waals surface area contributed by atoms with Crippen molar-refractivity contribution in [3.8, 4) is 0 Å². The van der Waals surface area contributed by atoms with E-state index in [1.54, 1.807) is 0 Å². The fourth-order valence-corrected chi connectivity index (χ4v) is 2.53. The molecule has 1 aromatic rings. The SMILES string of the molecule is CCCCN1CCCC[C@@H]1c1ccccn1. The van der Waals surface area contributed by atoms with E-state index < -0.39 is 0 Å². The van der Waals surface area contributed by atoms with Crippen LogP contribution in [0.2, 0.25) is 0 Å². The van der Waals surface area contributed by atoms with Crippen LogP contribution in [0.4, 0.5) is 0 Å². The number of piperidine rings is 1. The monoisotopic (exact) mass is 218 g/mol. The van der Waals surface area contributed by atoms with Crippen molar-refractivity contribution in [2.24, 2.45) is 0 Å². The van der Waals surface area contributed by atoms with Gasteiger partial charge in [-0.2, -0.15) is 0 Å². The highest BCUT2D eigenvalue weighted by Crippen LogP contribution is 2.29. The zero-order valence-corrected chi connectivity index (χ0v) is 10.2. The quantitative estimate of drug-likeness (QED) is 0.770. The first-order chi connectivity index (χ1) is 7.92. The topological polar surface area (TPSA) is 16.1 Å². The van der Waals surface area contributed by atoms with Gasteiger partial charge in [0.25, 0.3) is 0 Å². The van der Waals surface area contributed by atoms with Gasteiger partial charge < -0.3 is 0 Å². The Kier molecular flexibility index (Phi) is 4.34. The van der Waals surface area contributed by atoms with E-state index in [1.807, 2.05) is 12.3 Å². The second-order valence-electron chi connectivity index (χ2n) is 4.66. The lowest BCUT2D eigenvalue weighted by Gasteiger charge is -2.35. The van der Waals surface area contributed by atoms with Crippen LogP contribution in [0.3, 0.4) is 0 Å². The predicted molar refractivity (Wildman–Crippen MR) is 67.3 cm³/mol. The van der Waals surface area contributed by atoms with Gasteiger partial charge in [-0.15, -0.1) is 0 Å². The lowest BCUT2D eigenvalue weighted by molar-refractivity contribution is 0.143. The van der Waals surface area contributed by atoms with Crippen molar-refractivity contribution in [3.63, 3.8) is 0 Å². The molecule has 2 rings (SSSR count). The molecule has 1 aromatic heterocycles. The Balaban J connectivity index is 2.04. The van der Waals surface area contributed by atoms with Gasteiger partial charge in [0.1, 0.15) is 0 Å². The van der Waals surface area contributed by atoms with Crippen molar-refractivity contribution in [1.82, 2.24) is 9.88 Å². The molecule has 2 heterocycles. The molecule has 1 atom stereocenters. The molecule has 2 heteroatoms. The number of rotatable bonds is 4. The maximum absolute atomic E-state index is 4.52. The number of unbranched alkanes of at least 4 members (excludes halogenated alkanes) is 1. The summed E-state index contributed by atoms with van der Waals surface area (Å²) in [4.78, 5) is 7.14. The average molecular weight is 218 g/mol. The molecule has 88 valence electrons. The maximum atomic E-state index is 4.52. The predicted octanol–water partition coefficient (Wildman–Crippen LogP) is 3.41. The minimum absolute atomic E-state index is 0.571. The normalized spacial score (nSPS) is 22.2. The van der Waals surface area contributed by atoms with Gasteiger partial charge in [-0.25, -0.2) is 0 Å². The van der Waals surface area contributed by atoms with E-state index in [4.69, 9.17) is 0 Å². The van der Waals surface area contributed by atoms with Crippen molar-refractivity contribution in [1.29, 1.82) is 0 Å². The molecule has 0 radical (unpaired) electrons. The molecular weight excluding hydrogens is 196 g/mol. The summed E-state index contributed by atoms with van der Waals surface area (Å²) in [6.45, 7) is 4.75. The fourth-order valence-electron chi connectivity index (χ4n) is 2.53. The van der Waals surface area contributed by atoms with E-state index in [0.29, 0.717) is 6.04 Å². The van der Waals surface area contributed by atoms with E-state index in [2.05, 4.69) is 28.9 Å². The third-order valence-electron chi connectivity index (χ3n) is 3.44. The minimum Gasteiger partial charge on any atom is -0.295 e. The molecule has 0 aromatic carbocycles. The smallest absolute Gasteiger partial charge is 0.0575 e. The Morgan fingerprint density at radius 3 is 3.06 bits per heavy atom. The van der Waals surface area contributed by atoms with E-state index in [9.17, 15) is 0 Å². The highest BCUT2D eigenvalue weighted by atomic mass is 15.2. The Labute approximate surface area is 98.7 Å². The second-order valence-corrected chi connectivity index (χ2v) is 4.66. The molecule has 0 saturated carbocycles. The molecule has 0 aliphatic carbocycles. The Hall–Kier alpha value is -0.890. The molecule has 1 aliphatic heterocycles. The zero-order chi connectivity index (χ0) is 11.2. The van der Waals surface area contributed by atoms with E-state index in [0.717, 1.165) is 0 Å². The number of pyridine rings is 1. The van der Waals surface area contributed by atoms with Crippen LogP contribution < -0.4 is 0 Å². The first kappa shape index (κ1) is 11.6. The molecule has 1 aliphatic rings. The molecule has 1 fully saturated rings. The number of nitrogens with zero attached hydrogens (tertiary/aromatic N) is 2. The summed E-state index contributed by atoms with van der Waals surface area (Å²) in [6.07, 6.45) is 8.49. The summed E-state index contributed by atoms with van der Waals surface area (Å²) in [5.74, 6) is 0. The molecule has 0 N–H and O–H groups in total. The van der Waals surface area contributed by atoms with Gasteiger partial charge in [0, 0.05) is 6.20 Å². The summed E-state index contributed by atoms with van der Waals surface area (Å²) in [7, 11) is 0. The number of aromatic nitrogens is 1. The summed E-state index contributed by atoms with van der Waals surface area (Å²) >= 11 is 0. The van der Waals surface area contributed by atoms with E-state index in [-0.39, 0.29) is 0 Å². The lowest BCUT2D eigenvalue weighted by atomic mass is 9.98. The van der Waals surface area contributed by atoms with Crippen LogP contribution in [0, 0.1) is 0 Å². The van der Waals surface area contributed by atoms with Gasteiger partial charge in [0.2, 0.25) is 0 Å². The first-order valence-electron chi connectivity index (χ1n) is 6.57. The third-order valence-corrected chi connectivity index (χ3v) is 3.44. The van der Waals surface area contributed by atoms with Gasteiger partial charge in [-0.3, -0.25) is 9.88 Å². The maximum Gasteiger partial charge on any atom is 0.0575 e. The van der Waals surface area contributed by atoms with Crippen LogP contribution in [0.15, 0.2) is 24.4 Å². The largest absolute Gasteiger partial charge is 0.295 e. The molecule has 0 spiro atoms. The van der Waals surface area contributed by atoms with Crippen LogP contribution in [0.1, 0.15) is 50.8 Å². The van der Waals surface area contributed by atoms with Crippen molar-refractivity contribution in [2.45, 2.75) is 45.1 Å². The summed E-state index contributed by atoms with van der Waals surface area (Å²) < 4.78 is 0. The van der Waals surface area contributed by atoms with Crippen molar-refractivity contribution >= 4 is 0 Å². The average Bonchev–Trinajstić information content (AvgIpc) is 2.38. The standard InChI is InChI=1S/C14H22N2/c1-2-3-11-16-12-7-5-9-14(16)13-8-4-6-10-15-13/h4,6,8,10,14H,2-3,5,7,9,11-12H2,1H3/t14-/m1/s1. The summed E-state index contributed by atoms with van der Waals surface area (Å²) in [6, 6.07) is 6.86. The fraction of sp³-hybridized carbons (Fsp3) is 0.643. The second kappa shape index (κ2) is 6.00. The molecular formula is C14H22N2. The number of hydrogen-bond acceptors (Lipinski definition) is 2. The molecule has 16 heavy (non-hydrogen) atoms. The van der Waals surface area contributed by atoms with E-state index >= 15 is 0 Å². The third kappa shape index (κ3) is 2.82. The lowest BCUT2D eigenvalue weighted by Crippen LogP contribution is -2.34. The van der Waals surface area contributed by atoms with Crippen molar-refractivity contribution < 1.29 is 0 Å². The summed E-state index contributed by atoms with van der Waals surface area (Å²) in [5.41, 5.74) is 1.26. The van der Waals surface area contributed by atoms with Gasteiger partial charge >= 0.3 is 0 Å². The number of likely N-dealkylation sites (tertiary alicyclic amines) is 1. The Morgan fingerprint density at radius 1 is 1.38 bits per heavy atom. The summed E-state index contributed by atoms with van der Waals surface area (Å²) in [5, 5.41) is 0. The van der Waals surface area contributed by atoms with Gasteiger partial charge in [0.15, 0.2) is 0 Å². The molecule has 0 amide bonds. The van der Waals surface area contributed by atoms with Crippen LogP contribution in [-0.2, 0) is 0 Å². The van der Waals surface area contributed by atoms with Crippen LogP contribution in [0.5, 0.6) is 0 Å². The van der Waals surface area contributed by atoms with Gasteiger partial charge in [-0.05, 0) is 44.5 Å². The first-order valence-corrected chi connectivity index (χ1v) is 6.57. The van der Waals surface area contributed by atoms with E-state index in [1.165, 1.54) is 50.9 Å². The highest BCUT2D eigenvalue weighted by Gasteiger charge is 2.23. The van der Waals surface area contributed by atoms with Crippen LogP contribution in [-0.4, -0.2) is 23.0 Å². The van der Waals surface area contributed by atoms with Crippen molar-refractivity contribution in [2.75, 3.05) is 13.1 Å². The zero-order valence-electron chi connectivity index (χ0n) is 10.2. The Bertz CT molecular complexity index is 297. The number of hydrogen-bond donors (Lipinski definition) is 0. The van der Waals surface area contributed by atoms with Crippen molar-refractivity contribution in [3.05, 3.63) is 30.1 Å². The minimum atomic E-state index is 0.571. The molecule has 0 unspecified atom stereocenters. The Morgan fingerprint density at radius 2 is 2.31 bits per heavy atom. The van der Waals surface area contributed by atoms with Gasteiger partial charge in [0.05, 0.1) is 11.7 Å². The van der Waals surface area contributed by atoms with Crippen LogP contribution >= 0.6 is 0 Å².